The summed E-state index contributed by atoms with van der Waals surface area (Å²) in [6, 6.07) is 7.64. The number of amides is 1. The molecular formula is C25H28ClN5O3. The molecule has 0 spiro atoms. The van der Waals surface area contributed by atoms with Crippen LogP contribution < -0.4 is 9.64 Å². The number of benzene rings is 1. The number of hydrogen-bond acceptors (Lipinski definition) is 7. The lowest BCUT2D eigenvalue weighted by Gasteiger charge is -2.39. The van der Waals surface area contributed by atoms with Crippen molar-refractivity contribution in [2.75, 3.05) is 11.4 Å². The molecule has 0 N–H and O–H groups in total. The largest absolute Gasteiger partial charge is 0.474 e. The number of aromatic nitrogens is 2. The van der Waals surface area contributed by atoms with Crippen LogP contribution in [0, 0.1) is 11.3 Å². The topological polar surface area (TPSA) is 91.6 Å². The summed E-state index contributed by atoms with van der Waals surface area (Å²) < 4.78 is 12.1. The molecule has 3 aliphatic rings. The average molecular weight is 482 g/mol. The summed E-state index contributed by atoms with van der Waals surface area (Å²) in [5, 5.41) is 9.63. The Morgan fingerprint density at radius 1 is 1.21 bits per heavy atom. The van der Waals surface area contributed by atoms with E-state index in [-0.39, 0.29) is 24.3 Å². The van der Waals surface area contributed by atoms with Crippen molar-refractivity contribution in [3.8, 4) is 11.9 Å². The predicted molar refractivity (Wildman–Crippen MR) is 127 cm³/mol. The molecule has 5 rings (SSSR count). The van der Waals surface area contributed by atoms with Gasteiger partial charge >= 0.3 is 6.09 Å². The van der Waals surface area contributed by atoms with Crippen LogP contribution in [0.2, 0.25) is 5.02 Å². The van der Waals surface area contributed by atoms with Crippen LogP contribution in [0.4, 0.5) is 16.3 Å². The second-order valence-electron chi connectivity index (χ2n) is 10.1. The Morgan fingerprint density at radius 3 is 2.59 bits per heavy atom. The third kappa shape index (κ3) is 4.25. The van der Waals surface area contributed by atoms with E-state index in [2.05, 4.69) is 16.0 Å². The van der Waals surface area contributed by atoms with Crippen LogP contribution in [0.3, 0.4) is 0 Å². The van der Waals surface area contributed by atoms with Crippen LogP contribution in [0.5, 0.6) is 5.88 Å². The van der Waals surface area contributed by atoms with Gasteiger partial charge in [-0.1, -0.05) is 11.6 Å². The molecule has 1 aromatic carbocycles. The van der Waals surface area contributed by atoms with Crippen LogP contribution in [0.15, 0.2) is 24.5 Å². The molecule has 0 radical (unpaired) electrons. The summed E-state index contributed by atoms with van der Waals surface area (Å²) >= 11 is 6.46. The molecule has 2 bridgehead atoms. The van der Waals surface area contributed by atoms with Crippen molar-refractivity contribution in [2.24, 2.45) is 0 Å². The standard InChI is InChI=1S/C25H28ClN5O3/c1-25(2,3)34-24(32)31-16-5-6-17(31)12-18(11-16)33-23-19-8-9-30(22(19)28-14-29-23)21-7-4-15(13-27)10-20(21)26/h4,7,10,14,16-18H,5-6,8-9,11-12H2,1-3H3/t16-,17-/m0/s1. The van der Waals surface area contributed by atoms with Crippen molar-refractivity contribution >= 4 is 29.2 Å². The Balaban J connectivity index is 1.31. The van der Waals surface area contributed by atoms with Gasteiger partial charge in [0.15, 0.2) is 0 Å². The van der Waals surface area contributed by atoms with E-state index in [1.165, 1.54) is 6.33 Å². The Hall–Kier alpha value is -3.05. The highest BCUT2D eigenvalue weighted by Gasteiger charge is 2.46. The molecule has 2 aromatic rings. The number of halogens is 1. The quantitative estimate of drug-likeness (QED) is 0.608. The van der Waals surface area contributed by atoms with Crippen molar-refractivity contribution in [1.82, 2.24) is 14.9 Å². The Labute approximate surface area is 204 Å². The first kappa shape index (κ1) is 22.7. The number of piperidine rings is 1. The van der Waals surface area contributed by atoms with Gasteiger partial charge in [-0.2, -0.15) is 5.26 Å². The number of hydrogen-bond donors (Lipinski definition) is 0. The lowest BCUT2D eigenvalue weighted by molar-refractivity contribution is -0.00771. The fourth-order valence-corrected chi connectivity index (χ4v) is 5.58. The fraction of sp³-hybridized carbons (Fsp3) is 0.520. The van der Waals surface area contributed by atoms with E-state index in [4.69, 9.17) is 26.3 Å². The number of ether oxygens (including phenoxy) is 2. The van der Waals surface area contributed by atoms with Gasteiger partial charge in [0, 0.05) is 31.5 Å². The van der Waals surface area contributed by atoms with Gasteiger partial charge in [-0.3, -0.25) is 0 Å². The van der Waals surface area contributed by atoms with Crippen LogP contribution in [0.1, 0.15) is 57.6 Å². The van der Waals surface area contributed by atoms with Crippen molar-refractivity contribution in [1.29, 1.82) is 5.26 Å². The molecule has 8 nitrogen and oxygen atoms in total. The summed E-state index contributed by atoms with van der Waals surface area (Å²) in [6.07, 6.45) is 5.49. The molecule has 1 amide bonds. The monoisotopic (exact) mass is 481 g/mol. The van der Waals surface area contributed by atoms with Crippen molar-refractivity contribution in [2.45, 2.75) is 76.7 Å². The molecule has 3 aliphatic heterocycles. The predicted octanol–water partition coefficient (Wildman–Crippen LogP) is 5.01. The van der Waals surface area contributed by atoms with E-state index in [0.717, 1.165) is 49.2 Å². The van der Waals surface area contributed by atoms with Crippen LogP contribution in [-0.2, 0) is 11.2 Å². The third-order valence-electron chi connectivity index (χ3n) is 6.66. The van der Waals surface area contributed by atoms with Gasteiger partial charge in [-0.05, 0) is 58.2 Å². The van der Waals surface area contributed by atoms with Crippen molar-refractivity contribution < 1.29 is 14.3 Å². The number of anilines is 2. The van der Waals surface area contributed by atoms with Crippen LogP contribution in [0.25, 0.3) is 0 Å². The molecule has 0 aliphatic carbocycles. The lowest BCUT2D eigenvalue weighted by Crippen LogP contribution is -2.50. The van der Waals surface area contributed by atoms with E-state index < -0.39 is 5.60 Å². The number of carbonyl (C=O) groups excluding carboxylic acids is 1. The maximum atomic E-state index is 12.7. The van der Waals surface area contributed by atoms with Gasteiger partial charge in [0.05, 0.1) is 27.9 Å². The molecule has 34 heavy (non-hydrogen) atoms. The molecule has 0 unspecified atom stereocenters. The smallest absolute Gasteiger partial charge is 0.410 e. The lowest BCUT2D eigenvalue weighted by atomic mass is 10.00. The maximum absolute atomic E-state index is 12.7. The number of nitrogens with zero attached hydrogens (tertiary/aromatic N) is 5. The first-order chi connectivity index (χ1) is 16.2. The first-order valence-corrected chi connectivity index (χ1v) is 12.1. The Kier molecular flexibility index (Phi) is 5.76. The molecule has 4 heterocycles. The molecule has 2 atom stereocenters. The van der Waals surface area contributed by atoms with Gasteiger partial charge in [-0.25, -0.2) is 14.8 Å². The minimum absolute atomic E-state index is 0.0114. The molecule has 1 aromatic heterocycles. The minimum Gasteiger partial charge on any atom is -0.474 e. The van der Waals surface area contributed by atoms with Crippen LogP contribution in [-0.4, -0.2) is 51.3 Å². The van der Waals surface area contributed by atoms with Gasteiger partial charge in [-0.15, -0.1) is 0 Å². The molecule has 0 saturated carbocycles. The number of rotatable bonds is 3. The number of fused-ring (bicyclic) bond motifs is 3. The van der Waals surface area contributed by atoms with Gasteiger partial charge in [0.2, 0.25) is 5.88 Å². The van der Waals surface area contributed by atoms with Gasteiger partial charge in [0.1, 0.15) is 23.9 Å². The molecule has 2 fully saturated rings. The van der Waals surface area contributed by atoms with Crippen molar-refractivity contribution in [3.05, 3.63) is 40.7 Å². The molecule has 2 saturated heterocycles. The molecule has 9 heteroatoms. The zero-order valence-electron chi connectivity index (χ0n) is 19.6. The van der Waals surface area contributed by atoms with E-state index >= 15 is 0 Å². The highest BCUT2D eigenvalue weighted by Crippen LogP contribution is 2.42. The van der Waals surface area contributed by atoms with Crippen molar-refractivity contribution in [3.63, 3.8) is 0 Å². The third-order valence-corrected chi connectivity index (χ3v) is 6.97. The summed E-state index contributed by atoms with van der Waals surface area (Å²) in [7, 11) is 0. The summed E-state index contributed by atoms with van der Waals surface area (Å²) in [5.74, 6) is 1.39. The highest BCUT2D eigenvalue weighted by atomic mass is 35.5. The number of carbonyl (C=O) groups is 1. The second-order valence-corrected chi connectivity index (χ2v) is 10.6. The van der Waals surface area contributed by atoms with Crippen LogP contribution >= 0.6 is 11.6 Å². The van der Waals surface area contributed by atoms with E-state index in [9.17, 15) is 4.79 Å². The zero-order valence-corrected chi connectivity index (χ0v) is 20.4. The second kappa shape index (κ2) is 8.62. The minimum atomic E-state index is -0.505. The summed E-state index contributed by atoms with van der Waals surface area (Å²) in [5.41, 5.74) is 1.79. The molecular weight excluding hydrogens is 454 g/mol. The Morgan fingerprint density at radius 2 is 1.94 bits per heavy atom. The first-order valence-electron chi connectivity index (χ1n) is 11.7. The summed E-state index contributed by atoms with van der Waals surface area (Å²) in [4.78, 5) is 25.7. The summed E-state index contributed by atoms with van der Waals surface area (Å²) in [6.45, 7) is 6.39. The molecule has 178 valence electrons. The zero-order chi connectivity index (χ0) is 24.0. The van der Waals surface area contributed by atoms with E-state index in [0.29, 0.717) is 23.0 Å². The Bertz CT molecular complexity index is 1140. The van der Waals surface area contributed by atoms with Gasteiger partial charge < -0.3 is 19.3 Å². The highest BCUT2D eigenvalue weighted by molar-refractivity contribution is 6.33. The average Bonchev–Trinajstić information content (AvgIpc) is 3.32. The number of nitriles is 1. The van der Waals surface area contributed by atoms with Gasteiger partial charge in [0.25, 0.3) is 0 Å². The normalized spacial score (nSPS) is 23.4. The SMILES string of the molecule is CC(C)(C)OC(=O)N1[C@H]2CC[C@H]1CC(Oc1ncnc3c1CCN3c1ccc(C#N)cc1Cl)C2. The van der Waals surface area contributed by atoms with E-state index in [1.807, 2.05) is 36.6 Å². The maximum Gasteiger partial charge on any atom is 0.410 e. The van der Waals surface area contributed by atoms with E-state index in [1.54, 1.807) is 12.1 Å². The fourth-order valence-electron chi connectivity index (χ4n) is 5.29.